The third-order valence-corrected chi connectivity index (χ3v) is 4.20. The fourth-order valence-corrected chi connectivity index (χ4v) is 2.49. The number of nitrogens with one attached hydrogen (secondary N) is 1. The lowest BCUT2D eigenvalue weighted by molar-refractivity contribution is 0.552. The van der Waals surface area contributed by atoms with E-state index in [0.29, 0.717) is 11.3 Å². The van der Waals surface area contributed by atoms with Crippen molar-refractivity contribution in [3.8, 4) is 0 Å². The normalized spacial score (nSPS) is 18.2. The molecule has 0 heterocycles. The van der Waals surface area contributed by atoms with Gasteiger partial charge in [-0.1, -0.05) is 20.8 Å². The van der Waals surface area contributed by atoms with E-state index in [1.807, 2.05) is 0 Å². The van der Waals surface area contributed by atoms with Crippen molar-refractivity contribution in [1.29, 1.82) is 0 Å². The molecule has 0 aliphatic heterocycles. The highest BCUT2D eigenvalue weighted by molar-refractivity contribution is 7.85. The summed E-state index contributed by atoms with van der Waals surface area (Å²) in [6.45, 7) is 9.40. The number of rotatable bonds is 7. The Labute approximate surface area is 84.9 Å². The van der Waals surface area contributed by atoms with Crippen LogP contribution >= 0.6 is 0 Å². The summed E-state index contributed by atoms with van der Waals surface area (Å²) in [6.07, 6.45) is 2.03. The van der Waals surface area contributed by atoms with Gasteiger partial charge in [0.2, 0.25) is 0 Å². The van der Waals surface area contributed by atoms with Gasteiger partial charge in [-0.15, -0.1) is 0 Å². The molecule has 0 aromatic carbocycles. The van der Waals surface area contributed by atoms with Crippen LogP contribution in [0.1, 0.15) is 40.5 Å². The fourth-order valence-electron chi connectivity index (χ4n) is 1.13. The predicted octanol–water partition coefficient (Wildman–Crippen LogP) is 1.92. The summed E-state index contributed by atoms with van der Waals surface area (Å²) in [6, 6.07) is 0.498. The van der Waals surface area contributed by atoms with Crippen LogP contribution in [0, 0.1) is 0 Å². The summed E-state index contributed by atoms with van der Waals surface area (Å²) in [5.41, 5.74) is 0. The molecule has 0 aromatic heterocycles. The molecule has 0 bridgehead atoms. The zero-order valence-corrected chi connectivity index (χ0v) is 10.1. The van der Waals surface area contributed by atoms with Crippen LogP contribution in [0.4, 0.5) is 0 Å². The second-order valence-corrected chi connectivity index (χ2v) is 5.53. The van der Waals surface area contributed by atoms with Crippen LogP contribution in [0.5, 0.6) is 0 Å². The molecule has 0 radical (unpaired) electrons. The van der Waals surface area contributed by atoms with Gasteiger partial charge in [-0.05, 0) is 26.3 Å². The molecule has 0 fully saturated rings. The fraction of sp³-hybridized carbons (Fsp3) is 1.00. The Morgan fingerprint density at radius 2 is 1.92 bits per heavy atom. The first kappa shape index (κ1) is 13.1. The molecule has 13 heavy (non-hydrogen) atoms. The molecule has 0 aromatic rings. The molecular weight excluding hydrogens is 182 g/mol. The summed E-state index contributed by atoms with van der Waals surface area (Å²) in [7, 11) is -0.629. The quantitative estimate of drug-likeness (QED) is 0.688. The van der Waals surface area contributed by atoms with Crippen molar-refractivity contribution in [2.45, 2.75) is 51.8 Å². The monoisotopic (exact) mass is 205 g/mol. The van der Waals surface area contributed by atoms with Crippen molar-refractivity contribution in [2.24, 2.45) is 0 Å². The highest BCUT2D eigenvalue weighted by Crippen LogP contribution is 2.03. The van der Waals surface area contributed by atoms with Crippen molar-refractivity contribution in [3.05, 3.63) is 0 Å². The van der Waals surface area contributed by atoms with E-state index in [-0.39, 0.29) is 0 Å². The van der Waals surface area contributed by atoms with Crippen LogP contribution in [0.15, 0.2) is 0 Å². The Balaban J connectivity index is 3.57. The van der Waals surface area contributed by atoms with E-state index in [9.17, 15) is 4.21 Å². The molecule has 2 nitrogen and oxygen atoms in total. The van der Waals surface area contributed by atoms with Crippen LogP contribution in [-0.2, 0) is 10.8 Å². The van der Waals surface area contributed by atoms with Crippen LogP contribution < -0.4 is 5.32 Å². The lowest BCUT2D eigenvalue weighted by atomic mass is 10.3. The molecule has 0 spiro atoms. The molecule has 0 saturated heterocycles. The van der Waals surface area contributed by atoms with Crippen LogP contribution in [-0.4, -0.2) is 27.8 Å². The highest BCUT2D eigenvalue weighted by Gasteiger charge is 2.09. The number of hydrogen-bond donors (Lipinski definition) is 1. The second kappa shape index (κ2) is 7.51. The van der Waals surface area contributed by atoms with Gasteiger partial charge in [0.15, 0.2) is 0 Å². The third kappa shape index (κ3) is 6.22. The Morgan fingerprint density at radius 3 is 2.38 bits per heavy atom. The largest absolute Gasteiger partial charge is 0.315 e. The zero-order valence-electron chi connectivity index (χ0n) is 9.30. The van der Waals surface area contributed by atoms with Gasteiger partial charge in [-0.3, -0.25) is 4.21 Å². The molecule has 1 N–H and O–H groups in total. The Hall–Kier alpha value is 0.110. The van der Waals surface area contributed by atoms with Crippen molar-refractivity contribution in [1.82, 2.24) is 5.32 Å². The smallest absolute Gasteiger partial charge is 0.0317 e. The van der Waals surface area contributed by atoms with E-state index in [0.717, 1.165) is 25.1 Å². The first-order chi connectivity index (χ1) is 6.11. The van der Waals surface area contributed by atoms with Gasteiger partial charge in [-0.2, -0.15) is 0 Å². The van der Waals surface area contributed by atoms with Crippen molar-refractivity contribution >= 4 is 10.8 Å². The molecule has 0 amide bonds. The summed E-state index contributed by atoms with van der Waals surface area (Å²) in [4.78, 5) is 0. The highest BCUT2D eigenvalue weighted by atomic mass is 32.2. The molecule has 3 unspecified atom stereocenters. The molecular formula is C10H23NOS. The SMILES string of the molecule is CCNC(C)CCS(=O)C(C)CC. The van der Waals surface area contributed by atoms with Gasteiger partial charge in [0.1, 0.15) is 0 Å². The Bertz CT molecular complexity index is 150. The lowest BCUT2D eigenvalue weighted by Crippen LogP contribution is -2.28. The minimum atomic E-state index is -0.629. The Kier molecular flexibility index (Phi) is 7.57. The molecule has 0 saturated carbocycles. The van der Waals surface area contributed by atoms with Gasteiger partial charge in [0, 0.05) is 27.8 Å². The molecule has 0 rings (SSSR count). The minimum absolute atomic E-state index is 0.355. The topological polar surface area (TPSA) is 29.1 Å². The zero-order chi connectivity index (χ0) is 10.3. The summed E-state index contributed by atoms with van der Waals surface area (Å²) in [5, 5.41) is 3.68. The summed E-state index contributed by atoms with van der Waals surface area (Å²) in [5.74, 6) is 0.836. The average Bonchev–Trinajstić information content (AvgIpc) is 2.13. The van der Waals surface area contributed by atoms with E-state index in [2.05, 4.69) is 33.0 Å². The van der Waals surface area contributed by atoms with Gasteiger partial charge in [-0.25, -0.2) is 0 Å². The first-order valence-electron chi connectivity index (χ1n) is 5.22. The van der Waals surface area contributed by atoms with E-state index in [1.54, 1.807) is 0 Å². The van der Waals surface area contributed by atoms with E-state index < -0.39 is 10.8 Å². The van der Waals surface area contributed by atoms with Gasteiger partial charge < -0.3 is 5.32 Å². The average molecular weight is 205 g/mol. The molecule has 80 valence electrons. The maximum Gasteiger partial charge on any atom is 0.0317 e. The van der Waals surface area contributed by atoms with Crippen molar-refractivity contribution in [3.63, 3.8) is 0 Å². The van der Waals surface area contributed by atoms with E-state index in [1.165, 1.54) is 0 Å². The predicted molar refractivity (Wildman–Crippen MR) is 60.5 cm³/mol. The van der Waals surface area contributed by atoms with Crippen LogP contribution in [0.25, 0.3) is 0 Å². The van der Waals surface area contributed by atoms with E-state index in [4.69, 9.17) is 0 Å². The van der Waals surface area contributed by atoms with E-state index >= 15 is 0 Å². The van der Waals surface area contributed by atoms with Crippen LogP contribution in [0.3, 0.4) is 0 Å². The summed E-state index contributed by atoms with van der Waals surface area (Å²) >= 11 is 0. The second-order valence-electron chi connectivity index (χ2n) is 3.55. The molecule has 0 aliphatic rings. The Morgan fingerprint density at radius 1 is 1.31 bits per heavy atom. The molecule has 3 heteroatoms. The third-order valence-electron chi connectivity index (χ3n) is 2.33. The van der Waals surface area contributed by atoms with Gasteiger partial charge in [0.05, 0.1) is 0 Å². The standard InChI is InChI=1S/C10H23NOS/c1-5-10(4)13(12)8-7-9(3)11-6-2/h9-11H,5-8H2,1-4H3. The van der Waals surface area contributed by atoms with Crippen molar-refractivity contribution < 1.29 is 4.21 Å². The van der Waals surface area contributed by atoms with Crippen molar-refractivity contribution in [2.75, 3.05) is 12.3 Å². The van der Waals surface area contributed by atoms with Gasteiger partial charge in [0.25, 0.3) is 0 Å². The molecule has 3 atom stereocenters. The van der Waals surface area contributed by atoms with Crippen LogP contribution in [0.2, 0.25) is 0 Å². The molecule has 0 aliphatic carbocycles. The maximum atomic E-state index is 11.6. The minimum Gasteiger partial charge on any atom is -0.315 e. The maximum absolute atomic E-state index is 11.6. The summed E-state index contributed by atoms with van der Waals surface area (Å²) < 4.78 is 11.6. The lowest BCUT2D eigenvalue weighted by Gasteiger charge is -2.13. The first-order valence-corrected chi connectivity index (χ1v) is 6.60. The number of hydrogen-bond acceptors (Lipinski definition) is 2. The van der Waals surface area contributed by atoms with Gasteiger partial charge >= 0.3 is 0 Å².